The number of benzene rings is 1. The van der Waals surface area contributed by atoms with E-state index in [0.717, 1.165) is 24.3 Å². The number of piperidine rings is 1. The second-order valence-corrected chi connectivity index (χ2v) is 8.79. The maximum Gasteiger partial charge on any atom is 0.435 e. The molecule has 0 atom stereocenters. The summed E-state index contributed by atoms with van der Waals surface area (Å²) in [5.74, 6) is -1.44. The fourth-order valence-corrected chi connectivity index (χ4v) is 3.48. The molecule has 3 rings (SSSR count). The molecule has 0 spiro atoms. The molecular formula is C21H25F4N5O3. The quantitative estimate of drug-likeness (QED) is 0.686. The van der Waals surface area contributed by atoms with Crippen LogP contribution in [0.5, 0.6) is 0 Å². The summed E-state index contributed by atoms with van der Waals surface area (Å²) in [6.45, 7) is 6.00. The zero-order valence-corrected chi connectivity index (χ0v) is 18.4. The Kier molecular flexibility index (Phi) is 6.94. The number of amides is 2. The Labute approximate surface area is 187 Å². The molecule has 2 amide bonds. The minimum absolute atomic E-state index is 0.0542. The molecule has 12 heteroatoms. The molecule has 2 heterocycles. The van der Waals surface area contributed by atoms with E-state index < -0.39 is 41.0 Å². The van der Waals surface area contributed by atoms with E-state index in [2.05, 4.69) is 15.6 Å². The van der Waals surface area contributed by atoms with Gasteiger partial charge in [-0.1, -0.05) is 5.21 Å². The van der Waals surface area contributed by atoms with E-state index in [9.17, 15) is 27.2 Å². The van der Waals surface area contributed by atoms with Crippen molar-refractivity contribution in [3.05, 3.63) is 41.5 Å². The molecule has 1 aromatic heterocycles. The first-order valence-electron chi connectivity index (χ1n) is 10.4. The van der Waals surface area contributed by atoms with Gasteiger partial charge in [-0.05, 0) is 63.8 Å². The van der Waals surface area contributed by atoms with Crippen LogP contribution < -0.4 is 5.32 Å². The molecule has 0 bridgehead atoms. The lowest BCUT2D eigenvalue weighted by atomic mass is 9.96. The fourth-order valence-electron chi connectivity index (χ4n) is 3.48. The van der Waals surface area contributed by atoms with E-state index >= 15 is 0 Å². The normalized spacial score (nSPS) is 15.4. The SMILES string of the molecule is CC(C)(C)OC(=O)NCC1CCN(C(=O)c2nnn(-c3ccc(F)cc3)c2C(F)(F)F)CC1. The summed E-state index contributed by atoms with van der Waals surface area (Å²) in [4.78, 5) is 25.9. The lowest BCUT2D eigenvalue weighted by molar-refractivity contribution is -0.143. The van der Waals surface area contributed by atoms with Gasteiger partial charge in [0.2, 0.25) is 0 Å². The molecule has 1 fully saturated rings. The molecule has 8 nitrogen and oxygen atoms in total. The number of hydrogen-bond acceptors (Lipinski definition) is 5. The second kappa shape index (κ2) is 9.36. The molecule has 33 heavy (non-hydrogen) atoms. The first-order chi connectivity index (χ1) is 15.3. The third-order valence-corrected chi connectivity index (χ3v) is 5.05. The largest absolute Gasteiger partial charge is 0.444 e. The van der Waals surface area contributed by atoms with Gasteiger partial charge >= 0.3 is 12.3 Å². The number of ether oxygens (including phenoxy) is 1. The summed E-state index contributed by atoms with van der Waals surface area (Å²) in [6.07, 6.45) is -4.46. The van der Waals surface area contributed by atoms with E-state index in [1.54, 1.807) is 20.8 Å². The first-order valence-corrected chi connectivity index (χ1v) is 10.4. The average Bonchev–Trinajstić information content (AvgIpc) is 3.17. The Hall–Kier alpha value is -3.18. The summed E-state index contributed by atoms with van der Waals surface area (Å²) in [6, 6.07) is 4.23. The number of rotatable bonds is 4. The van der Waals surface area contributed by atoms with Crippen LogP contribution >= 0.6 is 0 Å². The fraction of sp³-hybridized carbons (Fsp3) is 0.524. The Morgan fingerprint density at radius 2 is 1.73 bits per heavy atom. The van der Waals surface area contributed by atoms with Gasteiger partial charge in [0.05, 0.1) is 5.69 Å². The molecule has 0 radical (unpaired) electrons. The van der Waals surface area contributed by atoms with Gasteiger partial charge in [-0.15, -0.1) is 5.10 Å². The molecule has 0 aliphatic carbocycles. The molecule has 0 unspecified atom stereocenters. The third-order valence-electron chi connectivity index (χ3n) is 5.05. The third kappa shape index (κ3) is 6.20. The van der Waals surface area contributed by atoms with Crippen molar-refractivity contribution in [1.82, 2.24) is 25.2 Å². The molecule has 1 aromatic carbocycles. The topological polar surface area (TPSA) is 89.3 Å². The van der Waals surface area contributed by atoms with E-state index in [1.807, 2.05) is 0 Å². The van der Waals surface area contributed by atoms with Crippen LogP contribution in [0.2, 0.25) is 0 Å². The standard InChI is InChI=1S/C21H25F4N5O3/c1-20(2,3)33-19(32)26-12-13-8-10-29(11-9-13)18(31)16-17(21(23,24)25)30(28-27-16)15-6-4-14(22)5-7-15/h4-7,13H,8-12H2,1-3H3,(H,26,32). The van der Waals surface area contributed by atoms with Crippen molar-refractivity contribution in [2.24, 2.45) is 5.92 Å². The van der Waals surface area contributed by atoms with Crippen molar-refractivity contribution >= 4 is 12.0 Å². The number of likely N-dealkylation sites (tertiary alicyclic amines) is 1. The van der Waals surface area contributed by atoms with Crippen LogP contribution in [-0.4, -0.2) is 57.1 Å². The number of nitrogens with one attached hydrogen (secondary N) is 1. The van der Waals surface area contributed by atoms with Crippen molar-refractivity contribution in [3.63, 3.8) is 0 Å². The smallest absolute Gasteiger partial charge is 0.435 e. The van der Waals surface area contributed by atoms with Crippen molar-refractivity contribution in [3.8, 4) is 5.69 Å². The summed E-state index contributed by atoms with van der Waals surface area (Å²) >= 11 is 0. The number of hydrogen-bond donors (Lipinski definition) is 1. The van der Waals surface area contributed by atoms with Gasteiger partial charge in [0.25, 0.3) is 5.91 Å². The van der Waals surface area contributed by atoms with Crippen LogP contribution in [0.3, 0.4) is 0 Å². The number of halogens is 4. The van der Waals surface area contributed by atoms with Crippen LogP contribution in [0.15, 0.2) is 24.3 Å². The first kappa shape index (κ1) is 24.5. The highest BCUT2D eigenvalue weighted by molar-refractivity contribution is 5.93. The zero-order chi connectivity index (χ0) is 24.4. The van der Waals surface area contributed by atoms with Gasteiger partial charge in [-0.3, -0.25) is 4.79 Å². The van der Waals surface area contributed by atoms with Crippen LogP contribution in [0.25, 0.3) is 5.69 Å². The number of alkyl carbamates (subject to hydrolysis) is 1. The maximum atomic E-state index is 13.8. The van der Waals surface area contributed by atoms with Crippen LogP contribution in [-0.2, 0) is 10.9 Å². The number of carbonyl (C=O) groups is 2. The Bertz CT molecular complexity index is 991. The van der Waals surface area contributed by atoms with Crippen LogP contribution in [0.4, 0.5) is 22.4 Å². The predicted molar refractivity (Wildman–Crippen MR) is 109 cm³/mol. The summed E-state index contributed by atoms with van der Waals surface area (Å²) in [5, 5.41) is 9.68. The molecular weight excluding hydrogens is 446 g/mol. The van der Waals surface area contributed by atoms with E-state index in [1.165, 1.54) is 4.90 Å². The minimum Gasteiger partial charge on any atom is -0.444 e. The van der Waals surface area contributed by atoms with E-state index in [-0.39, 0.29) is 24.7 Å². The molecule has 2 aromatic rings. The number of nitrogens with zero attached hydrogens (tertiary/aromatic N) is 4. The Morgan fingerprint density at radius 3 is 2.27 bits per heavy atom. The van der Waals surface area contributed by atoms with Crippen molar-refractivity contribution in [2.45, 2.75) is 45.4 Å². The number of aromatic nitrogens is 3. The Morgan fingerprint density at radius 1 is 1.12 bits per heavy atom. The highest BCUT2D eigenvalue weighted by Crippen LogP contribution is 2.33. The molecule has 0 saturated carbocycles. The second-order valence-electron chi connectivity index (χ2n) is 8.79. The van der Waals surface area contributed by atoms with Gasteiger partial charge in [0.1, 0.15) is 11.4 Å². The van der Waals surface area contributed by atoms with Gasteiger partial charge < -0.3 is 15.0 Å². The lowest BCUT2D eigenvalue weighted by Crippen LogP contribution is -2.43. The molecule has 1 aliphatic rings. The maximum absolute atomic E-state index is 13.8. The number of carbonyl (C=O) groups excluding carboxylic acids is 2. The molecule has 1 aliphatic heterocycles. The molecule has 180 valence electrons. The van der Waals surface area contributed by atoms with Gasteiger partial charge in [0, 0.05) is 19.6 Å². The molecule has 1 N–H and O–H groups in total. The summed E-state index contributed by atoms with van der Waals surface area (Å²) in [5.41, 5.74) is -2.81. The van der Waals surface area contributed by atoms with Gasteiger partial charge in [-0.2, -0.15) is 13.2 Å². The number of alkyl halides is 3. The van der Waals surface area contributed by atoms with Gasteiger partial charge in [0.15, 0.2) is 11.4 Å². The zero-order valence-electron chi connectivity index (χ0n) is 18.4. The van der Waals surface area contributed by atoms with E-state index in [4.69, 9.17) is 4.74 Å². The van der Waals surface area contributed by atoms with Gasteiger partial charge in [-0.25, -0.2) is 13.9 Å². The predicted octanol–water partition coefficient (Wildman–Crippen LogP) is 3.80. The Balaban J connectivity index is 1.67. The monoisotopic (exact) mass is 471 g/mol. The average molecular weight is 471 g/mol. The van der Waals surface area contributed by atoms with Crippen molar-refractivity contribution in [2.75, 3.05) is 19.6 Å². The van der Waals surface area contributed by atoms with Crippen LogP contribution in [0.1, 0.15) is 49.8 Å². The van der Waals surface area contributed by atoms with Crippen molar-refractivity contribution in [1.29, 1.82) is 0 Å². The highest BCUT2D eigenvalue weighted by atomic mass is 19.4. The minimum atomic E-state index is -4.90. The summed E-state index contributed by atoms with van der Waals surface area (Å²) < 4.78 is 60.2. The van der Waals surface area contributed by atoms with E-state index in [0.29, 0.717) is 24.1 Å². The van der Waals surface area contributed by atoms with Crippen LogP contribution in [0, 0.1) is 11.7 Å². The molecule has 1 saturated heterocycles. The lowest BCUT2D eigenvalue weighted by Gasteiger charge is -2.32. The summed E-state index contributed by atoms with van der Waals surface area (Å²) in [7, 11) is 0. The highest BCUT2D eigenvalue weighted by Gasteiger charge is 2.43. The van der Waals surface area contributed by atoms with Crippen molar-refractivity contribution < 1.29 is 31.9 Å².